The van der Waals surface area contributed by atoms with E-state index < -0.39 is 26.6 Å². The zero-order valence-corrected chi connectivity index (χ0v) is 16.5. The number of benzene rings is 2. The lowest BCUT2D eigenvalue weighted by atomic mass is 10.1. The van der Waals surface area contributed by atoms with Gasteiger partial charge in [0, 0.05) is 17.7 Å². The van der Waals surface area contributed by atoms with Crippen LogP contribution in [0.15, 0.2) is 35.2 Å². The fourth-order valence-electron chi connectivity index (χ4n) is 2.16. The van der Waals surface area contributed by atoms with E-state index in [4.69, 9.17) is 26.3 Å². The van der Waals surface area contributed by atoms with E-state index in [1.807, 2.05) is 0 Å². The fourth-order valence-corrected chi connectivity index (χ4v) is 3.38. The number of carbonyl (C=O) groups is 1. The molecule has 0 unspecified atom stereocenters. The average molecular weight is 429 g/mol. The number of rotatable bonds is 8. The number of nitro groups is 1. The Hall–Kier alpha value is -2.69. The minimum absolute atomic E-state index is 0.0189. The molecule has 0 saturated carbocycles. The summed E-state index contributed by atoms with van der Waals surface area (Å²) in [6, 6.07) is 6.12. The highest BCUT2D eigenvalue weighted by molar-refractivity contribution is 7.86. The quantitative estimate of drug-likeness (QED) is 0.385. The van der Waals surface area contributed by atoms with E-state index in [1.165, 1.54) is 18.2 Å². The molecule has 0 spiro atoms. The van der Waals surface area contributed by atoms with Crippen molar-refractivity contribution in [2.24, 2.45) is 5.73 Å². The molecule has 0 aromatic heterocycles. The van der Waals surface area contributed by atoms with Gasteiger partial charge in [0.1, 0.15) is 5.75 Å². The van der Waals surface area contributed by atoms with Crippen LogP contribution in [0.3, 0.4) is 0 Å². The number of aryl methyl sites for hydroxylation is 1. The van der Waals surface area contributed by atoms with Crippen molar-refractivity contribution in [1.82, 2.24) is 0 Å². The van der Waals surface area contributed by atoms with Crippen LogP contribution in [0.2, 0.25) is 5.02 Å². The first-order chi connectivity index (χ1) is 13.1. The first-order valence-corrected chi connectivity index (χ1v) is 9.81. The lowest BCUT2D eigenvalue weighted by Crippen LogP contribution is -2.11. The molecule has 0 radical (unpaired) electrons. The fraction of sp³-hybridized carbons (Fsp3) is 0.235. The number of primary amides is 1. The highest BCUT2D eigenvalue weighted by Crippen LogP contribution is 2.39. The van der Waals surface area contributed by atoms with Crippen molar-refractivity contribution in [3.8, 4) is 11.5 Å². The standard InChI is InChI=1S/C17H17ClN2O7S/c1-3-6-26-28(24,25)12-5-4-10(2)14(9-12)27-15-8-11(17(19)21)7-13(16(15)18)20(22)23/h4-5,7-9H,3,6H2,1-2H3,(H2,19,21). The maximum atomic E-state index is 12.2. The topological polar surface area (TPSA) is 139 Å². The number of ether oxygens (including phenoxy) is 1. The van der Waals surface area contributed by atoms with Gasteiger partial charge >= 0.3 is 0 Å². The molecule has 0 aliphatic rings. The van der Waals surface area contributed by atoms with Crippen molar-refractivity contribution in [2.75, 3.05) is 6.61 Å². The molecule has 11 heteroatoms. The number of nitrogens with two attached hydrogens (primary N) is 1. The molecule has 0 aliphatic heterocycles. The molecule has 0 saturated heterocycles. The lowest BCUT2D eigenvalue weighted by molar-refractivity contribution is -0.384. The van der Waals surface area contributed by atoms with Gasteiger partial charge in [-0.2, -0.15) is 8.42 Å². The summed E-state index contributed by atoms with van der Waals surface area (Å²) < 4.78 is 34.9. The zero-order chi connectivity index (χ0) is 21.1. The van der Waals surface area contributed by atoms with E-state index in [2.05, 4.69) is 0 Å². The highest BCUT2D eigenvalue weighted by Gasteiger charge is 2.23. The summed E-state index contributed by atoms with van der Waals surface area (Å²) in [7, 11) is -4.00. The molecule has 2 aromatic rings. The Morgan fingerprint density at radius 1 is 1.25 bits per heavy atom. The lowest BCUT2D eigenvalue weighted by Gasteiger charge is -2.13. The van der Waals surface area contributed by atoms with Gasteiger partial charge in [0.2, 0.25) is 5.91 Å². The maximum Gasteiger partial charge on any atom is 0.297 e. The van der Waals surface area contributed by atoms with Crippen molar-refractivity contribution >= 4 is 33.3 Å². The summed E-state index contributed by atoms with van der Waals surface area (Å²) >= 11 is 6.02. The van der Waals surface area contributed by atoms with Crippen LogP contribution in [0.4, 0.5) is 5.69 Å². The number of hydrogen-bond donors (Lipinski definition) is 1. The summed E-state index contributed by atoms with van der Waals surface area (Å²) in [5.74, 6) is -1.05. The van der Waals surface area contributed by atoms with Gasteiger partial charge in [0.15, 0.2) is 10.8 Å². The predicted octanol–water partition coefficient (Wildman–Crippen LogP) is 3.56. The van der Waals surface area contributed by atoms with Gasteiger partial charge in [-0.3, -0.25) is 19.1 Å². The highest BCUT2D eigenvalue weighted by atomic mass is 35.5. The summed E-state index contributed by atoms with van der Waals surface area (Å²) in [5, 5.41) is 10.8. The van der Waals surface area contributed by atoms with Crippen molar-refractivity contribution in [2.45, 2.75) is 25.2 Å². The molecule has 2 N–H and O–H groups in total. The molecule has 2 rings (SSSR count). The Kier molecular flexibility index (Phi) is 6.60. The van der Waals surface area contributed by atoms with Gasteiger partial charge in [0.05, 0.1) is 16.4 Å². The first-order valence-electron chi connectivity index (χ1n) is 8.02. The number of nitro benzene ring substituents is 1. The second kappa shape index (κ2) is 8.55. The first kappa shape index (κ1) is 21.6. The molecular weight excluding hydrogens is 412 g/mol. The monoisotopic (exact) mass is 428 g/mol. The Bertz CT molecular complexity index is 1040. The van der Waals surface area contributed by atoms with Crippen LogP contribution in [0, 0.1) is 17.0 Å². The summed E-state index contributed by atoms with van der Waals surface area (Å²) in [4.78, 5) is 21.7. The van der Waals surface area contributed by atoms with Crippen molar-refractivity contribution in [3.05, 3.63) is 56.6 Å². The molecule has 28 heavy (non-hydrogen) atoms. The van der Waals surface area contributed by atoms with Gasteiger partial charge in [-0.15, -0.1) is 0 Å². The van der Waals surface area contributed by atoms with E-state index in [9.17, 15) is 23.3 Å². The molecule has 0 bridgehead atoms. The summed E-state index contributed by atoms with van der Waals surface area (Å²) in [6.45, 7) is 3.42. The van der Waals surface area contributed by atoms with Gasteiger partial charge in [-0.25, -0.2) is 0 Å². The van der Waals surface area contributed by atoms with Crippen LogP contribution < -0.4 is 10.5 Å². The Balaban J connectivity index is 2.52. The van der Waals surface area contributed by atoms with Gasteiger partial charge in [-0.05, 0) is 31.0 Å². The largest absolute Gasteiger partial charge is 0.455 e. The SMILES string of the molecule is CCCOS(=O)(=O)c1ccc(C)c(Oc2cc(C(N)=O)cc([N+](=O)[O-])c2Cl)c1. The normalized spacial score (nSPS) is 11.2. The minimum atomic E-state index is -4.00. The summed E-state index contributed by atoms with van der Waals surface area (Å²) in [6.07, 6.45) is 0.508. The van der Waals surface area contributed by atoms with Gasteiger partial charge in [0.25, 0.3) is 15.8 Å². The van der Waals surface area contributed by atoms with E-state index in [0.29, 0.717) is 12.0 Å². The second-order valence-corrected chi connectivity index (χ2v) is 7.73. The average Bonchev–Trinajstić information content (AvgIpc) is 2.62. The zero-order valence-electron chi connectivity index (χ0n) is 15.0. The van der Waals surface area contributed by atoms with Crippen molar-refractivity contribution in [1.29, 1.82) is 0 Å². The second-order valence-electron chi connectivity index (χ2n) is 5.73. The molecule has 150 valence electrons. The number of amides is 1. The number of halogens is 1. The number of hydrogen-bond acceptors (Lipinski definition) is 7. The Labute approximate surface area is 166 Å². The minimum Gasteiger partial charge on any atom is -0.455 e. The van der Waals surface area contributed by atoms with Crippen LogP contribution in [-0.4, -0.2) is 25.9 Å². The molecule has 0 heterocycles. The van der Waals surface area contributed by atoms with Crippen LogP contribution in [-0.2, 0) is 14.3 Å². The third-order valence-corrected chi connectivity index (χ3v) is 5.30. The molecule has 2 aromatic carbocycles. The van der Waals surface area contributed by atoms with Crippen LogP contribution >= 0.6 is 11.6 Å². The number of carbonyl (C=O) groups excluding carboxylic acids is 1. The third-order valence-electron chi connectivity index (χ3n) is 3.61. The van der Waals surface area contributed by atoms with E-state index >= 15 is 0 Å². The van der Waals surface area contributed by atoms with Crippen LogP contribution in [0.5, 0.6) is 11.5 Å². The Morgan fingerprint density at radius 2 is 1.93 bits per heavy atom. The maximum absolute atomic E-state index is 12.2. The van der Waals surface area contributed by atoms with E-state index in [0.717, 1.165) is 12.1 Å². The van der Waals surface area contributed by atoms with Crippen molar-refractivity contribution in [3.63, 3.8) is 0 Å². The molecule has 1 amide bonds. The van der Waals surface area contributed by atoms with Crippen LogP contribution in [0.1, 0.15) is 29.3 Å². The molecular formula is C17H17ClN2O7S. The van der Waals surface area contributed by atoms with E-state index in [1.54, 1.807) is 13.8 Å². The predicted molar refractivity (Wildman–Crippen MR) is 101 cm³/mol. The van der Waals surface area contributed by atoms with Gasteiger partial charge < -0.3 is 10.5 Å². The summed E-state index contributed by atoms with van der Waals surface area (Å²) in [5.41, 5.74) is 4.97. The van der Waals surface area contributed by atoms with E-state index in [-0.39, 0.29) is 33.6 Å². The number of nitrogens with zero attached hydrogens (tertiary/aromatic N) is 1. The molecule has 0 aliphatic carbocycles. The molecule has 0 fully saturated rings. The Morgan fingerprint density at radius 3 is 2.50 bits per heavy atom. The molecule has 9 nitrogen and oxygen atoms in total. The van der Waals surface area contributed by atoms with Crippen LogP contribution in [0.25, 0.3) is 0 Å². The van der Waals surface area contributed by atoms with Crippen molar-refractivity contribution < 1.29 is 27.1 Å². The van der Waals surface area contributed by atoms with Gasteiger partial charge in [-0.1, -0.05) is 24.6 Å². The smallest absolute Gasteiger partial charge is 0.297 e. The molecule has 0 atom stereocenters. The third kappa shape index (κ3) is 4.77.